The molecular formula is C40H60N8O10. The van der Waals surface area contributed by atoms with Crippen LogP contribution >= 0.6 is 0 Å². The zero-order valence-electron chi connectivity index (χ0n) is 34.2. The Kier molecular flexibility index (Phi) is 16.2. The Balaban J connectivity index is 1.72. The molecule has 0 spiro atoms. The number of nitrogens with one attached hydrogen (secondary N) is 6. The summed E-state index contributed by atoms with van der Waals surface area (Å²) in [5.74, 6) is -6.34. The van der Waals surface area contributed by atoms with Crippen LogP contribution in [0, 0.1) is 11.8 Å². The van der Waals surface area contributed by atoms with Gasteiger partial charge in [0.05, 0.1) is 18.8 Å². The van der Waals surface area contributed by atoms with Crippen LogP contribution in [0.2, 0.25) is 0 Å². The van der Waals surface area contributed by atoms with E-state index < -0.39 is 114 Å². The fraction of sp³-hybridized carbons (Fsp3) is 0.650. The molecule has 9 atom stereocenters. The van der Waals surface area contributed by atoms with E-state index in [0.717, 1.165) is 0 Å². The number of amides is 8. The number of hydrogen-bond donors (Lipinski definition) is 8. The van der Waals surface area contributed by atoms with Crippen molar-refractivity contribution < 1.29 is 48.6 Å². The average Bonchev–Trinajstić information content (AvgIpc) is 3.86. The van der Waals surface area contributed by atoms with Crippen LogP contribution in [-0.2, 0) is 44.8 Å². The summed E-state index contributed by atoms with van der Waals surface area (Å²) in [4.78, 5) is 113. The van der Waals surface area contributed by atoms with Gasteiger partial charge in [-0.1, -0.05) is 58.0 Å². The predicted molar refractivity (Wildman–Crippen MR) is 210 cm³/mol. The number of hydrogen-bond acceptors (Lipinski definition) is 10. The van der Waals surface area contributed by atoms with Crippen LogP contribution in [0.5, 0.6) is 0 Å². The van der Waals surface area contributed by atoms with Gasteiger partial charge >= 0.3 is 0 Å². The number of fused-ring (bicyclic) bond motifs is 2. The monoisotopic (exact) mass is 812 g/mol. The molecule has 9 unspecified atom stereocenters. The molecule has 0 saturated carbocycles. The number of carbonyl (C=O) groups excluding carboxylic acids is 8. The Hall–Kier alpha value is -5.10. The molecule has 1 aromatic carbocycles. The molecule has 8 N–H and O–H groups in total. The fourth-order valence-corrected chi connectivity index (χ4v) is 7.60. The standard InChI is InChI=1S/C40H60N8O10/c1-21(2)18-26-34(52)46-33(24(6)50)40(58)48-17-11-15-29(48)36(54)45-32(23(5)49)38(56)43-27(19-25-12-8-7-9-13-25)39(57)47-16-10-14-28(47)35(53)44-31(22(3)4)37(55)41-20-30(51)42-26/h7-9,12-13,21-24,26-29,31-33,49-50H,10-11,14-20H2,1-6H3,(H,41,55)(H,42,51)(H,43,56)(H,44,53)(H,45,54)(H,46,52). The molecule has 0 radical (unpaired) electrons. The van der Waals surface area contributed by atoms with Crippen molar-refractivity contribution in [2.24, 2.45) is 11.8 Å². The first-order chi connectivity index (χ1) is 27.4. The normalized spacial score (nSPS) is 28.7. The van der Waals surface area contributed by atoms with Crippen molar-refractivity contribution in [3.8, 4) is 0 Å². The highest BCUT2D eigenvalue weighted by atomic mass is 16.3. The van der Waals surface area contributed by atoms with Gasteiger partial charge in [0.1, 0.15) is 42.3 Å². The molecule has 18 heteroatoms. The fourth-order valence-electron chi connectivity index (χ4n) is 7.60. The van der Waals surface area contributed by atoms with Gasteiger partial charge in [0.15, 0.2) is 0 Å². The van der Waals surface area contributed by atoms with E-state index in [4.69, 9.17) is 0 Å². The van der Waals surface area contributed by atoms with Crippen LogP contribution in [-0.4, -0.2) is 141 Å². The molecular weight excluding hydrogens is 752 g/mol. The second-order valence-electron chi connectivity index (χ2n) is 16.3. The van der Waals surface area contributed by atoms with E-state index in [2.05, 4.69) is 31.9 Å². The molecule has 0 bridgehead atoms. The molecule has 0 aliphatic carbocycles. The Morgan fingerprint density at radius 2 is 1.14 bits per heavy atom. The van der Waals surface area contributed by atoms with Gasteiger partial charge in [-0.15, -0.1) is 0 Å². The van der Waals surface area contributed by atoms with Crippen LogP contribution in [0.4, 0.5) is 0 Å². The number of benzene rings is 1. The molecule has 18 nitrogen and oxygen atoms in total. The van der Waals surface area contributed by atoms with Crippen molar-refractivity contribution in [2.45, 2.75) is 135 Å². The lowest BCUT2D eigenvalue weighted by Gasteiger charge is -2.33. The highest BCUT2D eigenvalue weighted by molar-refractivity contribution is 5.99. The average molecular weight is 813 g/mol. The van der Waals surface area contributed by atoms with Gasteiger partial charge in [-0.05, 0) is 63.4 Å². The predicted octanol–water partition coefficient (Wildman–Crippen LogP) is -1.77. The van der Waals surface area contributed by atoms with Crippen LogP contribution in [0.25, 0.3) is 0 Å². The summed E-state index contributed by atoms with van der Waals surface area (Å²) < 4.78 is 0. The van der Waals surface area contributed by atoms with Gasteiger partial charge in [0.25, 0.3) is 0 Å². The molecule has 8 amide bonds. The Labute approximate surface area is 339 Å². The van der Waals surface area contributed by atoms with Crippen molar-refractivity contribution in [2.75, 3.05) is 19.6 Å². The van der Waals surface area contributed by atoms with E-state index in [-0.39, 0.29) is 44.7 Å². The SMILES string of the molecule is CC(C)CC1NC(=O)CNC(=O)C(C(C)C)NC(=O)C2CCCN2C(=O)C(Cc2ccccc2)NC(=O)C(C(C)O)NC(=O)C2CCCN2C(=O)C(C(C)O)NC1=O. The number of nitrogens with zero attached hydrogens (tertiary/aromatic N) is 2. The molecule has 4 rings (SSSR count). The minimum atomic E-state index is -1.57. The zero-order chi connectivity index (χ0) is 42.8. The minimum Gasteiger partial charge on any atom is -0.391 e. The maximum atomic E-state index is 14.3. The summed E-state index contributed by atoms with van der Waals surface area (Å²) in [5, 5.41) is 37.1. The van der Waals surface area contributed by atoms with Gasteiger partial charge < -0.3 is 51.9 Å². The first kappa shape index (κ1) is 45.6. The molecule has 0 aromatic heterocycles. The van der Waals surface area contributed by atoms with Gasteiger partial charge in [-0.3, -0.25) is 38.4 Å². The Bertz CT molecular complexity index is 1670. The van der Waals surface area contributed by atoms with Crippen LogP contribution < -0.4 is 31.9 Å². The third-order valence-electron chi connectivity index (χ3n) is 10.7. The number of aliphatic hydroxyl groups is 2. The third-order valence-corrected chi connectivity index (χ3v) is 10.7. The minimum absolute atomic E-state index is 0.00516. The van der Waals surface area contributed by atoms with Gasteiger partial charge in [-0.2, -0.15) is 0 Å². The highest BCUT2D eigenvalue weighted by Crippen LogP contribution is 2.22. The number of carbonyl (C=O) groups is 8. The van der Waals surface area contributed by atoms with E-state index in [1.54, 1.807) is 44.2 Å². The van der Waals surface area contributed by atoms with E-state index in [0.29, 0.717) is 18.4 Å². The van der Waals surface area contributed by atoms with Gasteiger partial charge in [-0.25, -0.2) is 0 Å². The Morgan fingerprint density at radius 1 is 0.603 bits per heavy atom. The van der Waals surface area contributed by atoms with E-state index in [9.17, 15) is 48.6 Å². The van der Waals surface area contributed by atoms with Crippen LogP contribution in [0.15, 0.2) is 30.3 Å². The van der Waals surface area contributed by atoms with Crippen molar-refractivity contribution in [1.29, 1.82) is 0 Å². The number of rotatable bonds is 7. The van der Waals surface area contributed by atoms with E-state index in [1.165, 1.54) is 23.6 Å². The summed E-state index contributed by atoms with van der Waals surface area (Å²) in [6.07, 6.45) is -1.46. The molecule has 3 aliphatic heterocycles. The lowest BCUT2D eigenvalue weighted by molar-refractivity contribution is -0.145. The van der Waals surface area contributed by atoms with Crippen molar-refractivity contribution >= 4 is 47.3 Å². The molecule has 320 valence electrons. The highest BCUT2D eigenvalue weighted by Gasteiger charge is 2.43. The topological polar surface area (TPSA) is 256 Å². The second-order valence-corrected chi connectivity index (χ2v) is 16.3. The van der Waals surface area contributed by atoms with E-state index in [1.807, 2.05) is 13.8 Å². The summed E-state index contributed by atoms with van der Waals surface area (Å²) in [6.45, 7) is 9.34. The molecule has 3 heterocycles. The Morgan fingerprint density at radius 3 is 1.67 bits per heavy atom. The summed E-state index contributed by atoms with van der Waals surface area (Å²) in [7, 11) is 0. The van der Waals surface area contributed by atoms with Gasteiger partial charge in [0, 0.05) is 19.5 Å². The molecule has 3 saturated heterocycles. The van der Waals surface area contributed by atoms with Crippen LogP contribution in [0.1, 0.15) is 79.2 Å². The lowest BCUT2D eigenvalue weighted by atomic mass is 10.0. The maximum absolute atomic E-state index is 14.3. The molecule has 3 fully saturated rings. The first-order valence-corrected chi connectivity index (χ1v) is 20.2. The van der Waals surface area contributed by atoms with E-state index >= 15 is 0 Å². The molecule has 1 aromatic rings. The van der Waals surface area contributed by atoms with Crippen LogP contribution in [0.3, 0.4) is 0 Å². The quantitative estimate of drug-likeness (QED) is 0.154. The third kappa shape index (κ3) is 11.7. The molecule has 3 aliphatic rings. The molecule has 58 heavy (non-hydrogen) atoms. The second kappa shape index (κ2) is 20.5. The van der Waals surface area contributed by atoms with Crippen molar-refractivity contribution in [1.82, 2.24) is 41.7 Å². The summed E-state index contributed by atoms with van der Waals surface area (Å²) in [6, 6.07) is 0.0800. The van der Waals surface area contributed by atoms with Crippen molar-refractivity contribution in [3.63, 3.8) is 0 Å². The maximum Gasteiger partial charge on any atom is 0.248 e. The summed E-state index contributed by atoms with van der Waals surface area (Å²) >= 11 is 0. The first-order valence-electron chi connectivity index (χ1n) is 20.2. The largest absolute Gasteiger partial charge is 0.391 e. The zero-order valence-corrected chi connectivity index (χ0v) is 34.2. The number of aliphatic hydroxyl groups excluding tert-OH is 2. The summed E-state index contributed by atoms with van der Waals surface area (Å²) in [5.41, 5.74) is 0.683. The lowest BCUT2D eigenvalue weighted by Crippen LogP contribution is -2.63. The smallest absolute Gasteiger partial charge is 0.248 e. The van der Waals surface area contributed by atoms with Crippen molar-refractivity contribution in [3.05, 3.63) is 35.9 Å². The van der Waals surface area contributed by atoms with Gasteiger partial charge in [0.2, 0.25) is 47.3 Å².